The lowest BCUT2D eigenvalue weighted by Gasteiger charge is -2.18. The third kappa shape index (κ3) is 4.28. The van der Waals surface area contributed by atoms with Crippen molar-refractivity contribution in [2.45, 2.75) is 25.7 Å². The molecule has 1 amide bonds. The largest absolute Gasteiger partial charge is 0.309 e. The number of aromatic nitrogens is 1. The van der Waals surface area contributed by atoms with Crippen molar-refractivity contribution in [3.8, 4) is 0 Å². The first-order valence-electron chi connectivity index (χ1n) is 5.30. The summed E-state index contributed by atoms with van der Waals surface area (Å²) in [5.41, 5.74) is -0.661. The number of halogens is 2. The number of nitrogens with one attached hydrogen (secondary N) is 1. The van der Waals surface area contributed by atoms with E-state index in [9.17, 15) is 13.2 Å². The SMILES string of the molecule is CC(C)(C)C(=O)Nc1nc(Cl)c(I)cc1S(C)(=O)=O. The van der Waals surface area contributed by atoms with E-state index in [4.69, 9.17) is 11.6 Å². The number of rotatable bonds is 2. The minimum Gasteiger partial charge on any atom is -0.309 e. The lowest BCUT2D eigenvalue weighted by atomic mass is 9.96. The third-order valence-corrected chi connectivity index (χ3v) is 4.75. The number of amides is 1. The highest BCUT2D eigenvalue weighted by molar-refractivity contribution is 14.1. The predicted molar refractivity (Wildman–Crippen MR) is 83.2 cm³/mol. The summed E-state index contributed by atoms with van der Waals surface area (Å²) in [5, 5.41) is 2.66. The van der Waals surface area contributed by atoms with Gasteiger partial charge in [0.2, 0.25) is 5.91 Å². The zero-order valence-electron chi connectivity index (χ0n) is 10.9. The predicted octanol–water partition coefficient (Wildman–Crippen LogP) is 2.73. The Kier molecular flexibility index (Phi) is 4.84. The summed E-state index contributed by atoms with van der Waals surface area (Å²) in [7, 11) is -3.50. The zero-order valence-corrected chi connectivity index (χ0v) is 14.6. The van der Waals surface area contributed by atoms with Crippen LogP contribution in [-0.2, 0) is 14.6 Å². The molecule has 8 heteroatoms. The molecule has 1 N–H and O–H groups in total. The van der Waals surface area contributed by atoms with Gasteiger partial charge in [0.15, 0.2) is 15.7 Å². The maximum atomic E-state index is 11.9. The standard InChI is InChI=1S/C11H14ClIN2O3S/c1-11(2,3)10(16)15-9-7(19(4,17)18)5-6(13)8(12)14-9/h5H,1-4H3,(H,14,15,16). The fourth-order valence-electron chi connectivity index (χ4n) is 1.12. The quantitative estimate of drug-likeness (QED) is 0.594. The number of hydrogen-bond acceptors (Lipinski definition) is 4. The molecule has 0 aromatic carbocycles. The molecule has 19 heavy (non-hydrogen) atoms. The normalized spacial score (nSPS) is 12.3. The summed E-state index contributed by atoms with van der Waals surface area (Å²) in [6, 6.07) is 1.39. The molecule has 0 bridgehead atoms. The van der Waals surface area contributed by atoms with Crippen LogP contribution < -0.4 is 5.32 Å². The first kappa shape index (κ1) is 16.6. The first-order valence-corrected chi connectivity index (χ1v) is 8.65. The summed E-state index contributed by atoms with van der Waals surface area (Å²) in [5.74, 6) is -0.366. The second kappa shape index (κ2) is 5.53. The molecule has 0 spiro atoms. The van der Waals surface area contributed by atoms with Crippen LogP contribution in [0.4, 0.5) is 5.82 Å². The monoisotopic (exact) mass is 416 g/mol. The van der Waals surface area contributed by atoms with Crippen LogP contribution in [0.5, 0.6) is 0 Å². The van der Waals surface area contributed by atoms with Crippen molar-refractivity contribution in [1.82, 2.24) is 4.98 Å². The average molecular weight is 417 g/mol. The van der Waals surface area contributed by atoms with E-state index in [1.807, 2.05) is 22.6 Å². The van der Waals surface area contributed by atoms with E-state index < -0.39 is 15.3 Å². The second-order valence-electron chi connectivity index (χ2n) is 5.08. The van der Waals surface area contributed by atoms with Crippen LogP contribution in [0.15, 0.2) is 11.0 Å². The molecule has 0 radical (unpaired) electrons. The third-order valence-electron chi connectivity index (χ3n) is 2.21. The molecule has 0 aliphatic heterocycles. The van der Waals surface area contributed by atoms with Crippen LogP contribution in [0, 0.1) is 8.99 Å². The van der Waals surface area contributed by atoms with Crippen LogP contribution in [0.25, 0.3) is 0 Å². The van der Waals surface area contributed by atoms with Gasteiger partial charge in [0, 0.05) is 11.7 Å². The molecule has 0 atom stereocenters. The Morgan fingerprint density at radius 3 is 2.37 bits per heavy atom. The highest BCUT2D eigenvalue weighted by Crippen LogP contribution is 2.27. The van der Waals surface area contributed by atoms with Gasteiger partial charge in [0.05, 0.1) is 3.57 Å². The van der Waals surface area contributed by atoms with Gasteiger partial charge in [-0.15, -0.1) is 0 Å². The first-order chi connectivity index (χ1) is 8.43. The lowest BCUT2D eigenvalue weighted by molar-refractivity contribution is -0.123. The molecule has 0 fully saturated rings. The van der Waals surface area contributed by atoms with Gasteiger partial charge in [-0.2, -0.15) is 0 Å². The summed E-state index contributed by atoms with van der Waals surface area (Å²) in [6.45, 7) is 5.16. The Morgan fingerprint density at radius 2 is 1.95 bits per heavy atom. The van der Waals surface area contributed by atoms with Crippen LogP contribution in [-0.4, -0.2) is 25.6 Å². The fraction of sp³-hybridized carbons (Fsp3) is 0.455. The van der Waals surface area contributed by atoms with E-state index in [0.29, 0.717) is 3.57 Å². The van der Waals surface area contributed by atoms with Crippen LogP contribution in [0.3, 0.4) is 0 Å². The summed E-state index contributed by atoms with van der Waals surface area (Å²) < 4.78 is 23.9. The van der Waals surface area contributed by atoms with E-state index in [-0.39, 0.29) is 21.8 Å². The van der Waals surface area contributed by atoms with E-state index in [0.717, 1.165) is 6.26 Å². The maximum Gasteiger partial charge on any atom is 0.230 e. The Labute approximate surface area is 131 Å². The minimum atomic E-state index is -3.50. The van der Waals surface area contributed by atoms with Gasteiger partial charge >= 0.3 is 0 Å². The molecule has 1 heterocycles. The highest BCUT2D eigenvalue weighted by atomic mass is 127. The van der Waals surface area contributed by atoms with Gasteiger partial charge in [-0.3, -0.25) is 4.79 Å². The molecule has 0 aliphatic carbocycles. The number of carbonyl (C=O) groups is 1. The lowest BCUT2D eigenvalue weighted by Crippen LogP contribution is -2.29. The van der Waals surface area contributed by atoms with Crippen LogP contribution >= 0.6 is 34.2 Å². The molecule has 0 aliphatic rings. The number of carbonyl (C=O) groups excluding carboxylic acids is 1. The second-order valence-corrected chi connectivity index (χ2v) is 8.59. The Hall–Kier alpha value is -0.410. The van der Waals surface area contributed by atoms with E-state index >= 15 is 0 Å². The molecular formula is C11H14ClIN2O3S. The molecular weight excluding hydrogens is 403 g/mol. The highest BCUT2D eigenvalue weighted by Gasteiger charge is 2.25. The van der Waals surface area contributed by atoms with Crippen molar-refractivity contribution < 1.29 is 13.2 Å². The van der Waals surface area contributed by atoms with Gasteiger partial charge in [0.1, 0.15) is 10.0 Å². The fourth-order valence-corrected chi connectivity index (χ4v) is 2.68. The Bertz CT molecular complexity index is 624. The molecule has 0 saturated heterocycles. The van der Waals surface area contributed by atoms with Gasteiger partial charge in [-0.1, -0.05) is 32.4 Å². The Balaban J connectivity index is 3.35. The summed E-state index contributed by atoms with van der Waals surface area (Å²) in [6.07, 6.45) is 1.06. The van der Waals surface area contributed by atoms with Crippen molar-refractivity contribution in [2.24, 2.45) is 5.41 Å². The van der Waals surface area contributed by atoms with Crippen molar-refractivity contribution in [1.29, 1.82) is 0 Å². The number of hydrogen-bond donors (Lipinski definition) is 1. The van der Waals surface area contributed by atoms with Crippen molar-refractivity contribution >= 4 is 55.8 Å². The van der Waals surface area contributed by atoms with Crippen LogP contribution in [0.1, 0.15) is 20.8 Å². The van der Waals surface area contributed by atoms with Gasteiger partial charge in [-0.25, -0.2) is 13.4 Å². The minimum absolute atomic E-state index is 0.0344. The number of sulfone groups is 1. The van der Waals surface area contributed by atoms with E-state index in [1.165, 1.54) is 6.07 Å². The zero-order chi connectivity index (χ0) is 15.0. The van der Waals surface area contributed by atoms with E-state index in [2.05, 4.69) is 10.3 Å². The summed E-state index contributed by atoms with van der Waals surface area (Å²) in [4.78, 5) is 15.8. The molecule has 0 saturated carbocycles. The van der Waals surface area contributed by atoms with Gasteiger partial charge in [-0.05, 0) is 28.7 Å². The van der Waals surface area contributed by atoms with Crippen molar-refractivity contribution in [3.05, 3.63) is 14.8 Å². The maximum absolute atomic E-state index is 11.9. The number of anilines is 1. The molecule has 0 unspecified atom stereocenters. The molecule has 106 valence electrons. The number of nitrogens with zero attached hydrogens (tertiary/aromatic N) is 1. The molecule has 1 aromatic heterocycles. The smallest absolute Gasteiger partial charge is 0.230 e. The van der Waals surface area contributed by atoms with Gasteiger partial charge < -0.3 is 5.32 Å². The number of pyridine rings is 1. The van der Waals surface area contributed by atoms with Crippen molar-refractivity contribution in [3.63, 3.8) is 0 Å². The summed E-state index contributed by atoms with van der Waals surface area (Å²) >= 11 is 7.75. The van der Waals surface area contributed by atoms with Crippen LogP contribution in [0.2, 0.25) is 5.15 Å². The molecule has 1 aromatic rings. The average Bonchev–Trinajstić information content (AvgIpc) is 2.19. The topological polar surface area (TPSA) is 76.1 Å². The molecule has 5 nitrogen and oxygen atoms in total. The van der Waals surface area contributed by atoms with E-state index in [1.54, 1.807) is 20.8 Å². The van der Waals surface area contributed by atoms with Crippen molar-refractivity contribution in [2.75, 3.05) is 11.6 Å². The Morgan fingerprint density at radius 1 is 1.42 bits per heavy atom. The molecule has 1 rings (SSSR count). The van der Waals surface area contributed by atoms with Gasteiger partial charge in [0.25, 0.3) is 0 Å².